The molecular formula is C25H23N5O2. The van der Waals surface area contributed by atoms with Crippen molar-refractivity contribution >= 4 is 22.6 Å². The second kappa shape index (κ2) is 8.52. The second-order valence-corrected chi connectivity index (χ2v) is 7.86. The average Bonchev–Trinajstić information content (AvgIpc) is 3.15. The minimum Gasteiger partial charge on any atom is -0.484 e. The van der Waals surface area contributed by atoms with Crippen LogP contribution in [0.15, 0.2) is 48.7 Å². The average molecular weight is 425 g/mol. The number of carbonyl (C=O) groups excluding carboxylic acids is 1. The fraction of sp³-hybridized carbons (Fsp3) is 0.200. The molecule has 0 saturated heterocycles. The number of ether oxygens (including phenoxy) is 1. The largest absolute Gasteiger partial charge is 0.484 e. The highest BCUT2D eigenvalue weighted by Gasteiger charge is 2.18. The number of nitrogens with one attached hydrogen (secondary N) is 1. The zero-order chi connectivity index (χ0) is 22.8. The van der Waals surface area contributed by atoms with Crippen LogP contribution in [-0.2, 0) is 4.79 Å². The predicted octanol–water partition coefficient (Wildman–Crippen LogP) is 4.54. The zero-order valence-electron chi connectivity index (χ0n) is 18.4. The van der Waals surface area contributed by atoms with Crippen LogP contribution in [0, 0.1) is 39.0 Å². The summed E-state index contributed by atoms with van der Waals surface area (Å²) in [6, 6.07) is 15.6. The number of amides is 1. The van der Waals surface area contributed by atoms with Crippen molar-refractivity contribution in [3.8, 4) is 17.6 Å². The lowest BCUT2D eigenvalue weighted by Crippen LogP contribution is -2.22. The van der Waals surface area contributed by atoms with E-state index in [0.717, 1.165) is 27.6 Å². The molecule has 160 valence electrons. The summed E-state index contributed by atoms with van der Waals surface area (Å²) in [4.78, 5) is 17.4. The molecule has 2 heterocycles. The van der Waals surface area contributed by atoms with Crippen LogP contribution in [0.5, 0.6) is 5.75 Å². The van der Waals surface area contributed by atoms with Gasteiger partial charge in [-0.1, -0.05) is 23.8 Å². The van der Waals surface area contributed by atoms with E-state index in [-0.39, 0.29) is 18.0 Å². The van der Waals surface area contributed by atoms with Crippen molar-refractivity contribution in [3.63, 3.8) is 0 Å². The fourth-order valence-electron chi connectivity index (χ4n) is 3.68. The van der Waals surface area contributed by atoms with Gasteiger partial charge < -0.3 is 10.1 Å². The number of nitriles is 1. The van der Waals surface area contributed by atoms with Gasteiger partial charge in [0.1, 0.15) is 17.4 Å². The van der Waals surface area contributed by atoms with Crippen molar-refractivity contribution in [1.29, 1.82) is 5.26 Å². The molecule has 0 spiro atoms. The first-order valence-corrected chi connectivity index (χ1v) is 10.2. The van der Waals surface area contributed by atoms with Crippen LogP contribution in [0.25, 0.3) is 16.7 Å². The molecule has 32 heavy (non-hydrogen) atoms. The van der Waals surface area contributed by atoms with Crippen molar-refractivity contribution in [2.75, 3.05) is 11.9 Å². The lowest BCUT2D eigenvalue weighted by Gasteiger charge is -2.13. The Morgan fingerprint density at radius 1 is 1.09 bits per heavy atom. The van der Waals surface area contributed by atoms with E-state index < -0.39 is 5.91 Å². The first kappa shape index (κ1) is 21.1. The van der Waals surface area contributed by atoms with E-state index in [9.17, 15) is 10.1 Å². The van der Waals surface area contributed by atoms with E-state index in [1.54, 1.807) is 6.07 Å². The van der Waals surface area contributed by atoms with Crippen LogP contribution in [-0.4, -0.2) is 27.3 Å². The van der Waals surface area contributed by atoms with E-state index in [1.807, 2.05) is 45.0 Å². The van der Waals surface area contributed by atoms with Crippen LogP contribution < -0.4 is 10.1 Å². The van der Waals surface area contributed by atoms with E-state index in [4.69, 9.17) is 9.72 Å². The molecule has 0 bridgehead atoms. The molecule has 0 unspecified atom stereocenters. The molecule has 0 saturated carbocycles. The Balaban J connectivity index is 1.65. The summed E-state index contributed by atoms with van der Waals surface area (Å²) in [5.41, 5.74) is 5.39. The number of nitrogens with zero attached hydrogens (tertiary/aromatic N) is 4. The van der Waals surface area contributed by atoms with Gasteiger partial charge in [0.15, 0.2) is 18.2 Å². The number of benzene rings is 2. The van der Waals surface area contributed by atoms with Crippen molar-refractivity contribution in [2.24, 2.45) is 0 Å². The molecule has 1 amide bonds. The maximum atomic E-state index is 12.6. The van der Waals surface area contributed by atoms with Crippen LogP contribution in [0.3, 0.4) is 0 Å². The van der Waals surface area contributed by atoms with Gasteiger partial charge in [-0.05, 0) is 68.7 Å². The lowest BCUT2D eigenvalue weighted by molar-refractivity contribution is -0.118. The Morgan fingerprint density at radius 3 is 2.66 bits per heavy atom. The highest BCUT2D eigenvalue weighted by molar-refractivity contribution is 5.93. The maximum Gasteiger partial charge on any atom is 0.263 e. The van der Waals surface area contributed by atoms with E-state index in [0.29, 0.717) is 11.6 Å². The molecule has 4 aromatic rings. The topological polar surface area (TPSA) is 92.8 Å². The van der Waals surface area contributed by atoms with Gasteiger partial charge in [-0.2, -0.15) is 15.0 Å². The Kier molecular flexibility index (Phi) is 5.61. The number of aromatic nitrogens is 3. The third-order valence-corrected chi connectivity index (χ3v) is 5.17. The number of hydrogen-bond donors (Lipinski definition) is 1. The lowest BCUT2D eigenvalue weighted by atomic mass is 10.0. The Hall–Kier alpha value is -4.18. The minimum absolute atomic E-state index is 0.192. The van der Waals surface area contributed by atoms with Gasteiger partial charge in [0, 0.05) is 5.39 Å². The summed E-state index contributed by atoms with van der Waals surface area (Å²) in [6.45, 7) is 7.84. The smallest absolute Gasteiger partial charge is 0.263 e. The highest BCUT2D eigenvalue weighted by atomic mass is 16.5. The number of pyridine rings is 1. The van der Waals surface area contributed by atoms with Gasteiger partial charge in [-0.3, -0.25) is 4.79 Å². The SMILES string of the molecule is Cc1cccc(OCC(=O)Nc2c(C#N)cnn2-c2cc(C)c3cc(C)cc(C)c3n2)c1. The summed E-state index contributed by atoms with van der Waals surface area (Å²) < 4.78 is 7.06. The number of rotatable bonds is 5. The predicted molar refractivity (Wildman–Crippen MR) is 123 cm³/mol. The number of hydrogen-bond acceptors (Lipinski definition) is 5. The molecule has 7 nitrogen and oxygen atoms in total. The van der Waals surface area contributed by atoms with Crippen LogP contribution in [0.1, 0.15) is 27.8 Å². The molecule has 0 aliphatic carbocycles. The summed E-state index contributed by atoms with van der Waals surface area (Å²) in [5, 5.41) is 17.7. The molecule has 2 aromatic carbocycles. The molecule has 0 radical (unpaired) electrons. The third-order valence-electron chi connectivity index (χ3n) is 5.17. The van der Waals surface area contributed by atoms with Gasteiger partial charge in [0.2, 0.25) is 0 Å². The minimum atomic E-state index is -0.394. The van der Waals surface area contributed by atoms with Crippen molar-refractivity contribution in [2.45, 2.75) is 27.7 Å². The van der Waals surface area contributed by atoms with E-state index in [1.165, 1.54) is 16.4 Å². The molecule has 0 fully saturated rings. The van der Waals surface area contributed by atoms with E-state index >= 15 is 0 Å². The molecule has 1 N–H and O–H groups in total. The first-order valence-electron chi connectivity index (χ1n) is 10.2. The molecular weight excluding hydrogens is 402 g/mol. The van der Waals surface area contributed by atoms with Gasteiger partial charge in [0.25, 0.3) is 5.91 Å². The number of anilines is 1. The van der Waals surface area contributed by atoms with Crippen LogP contribution >= 0.6 is 0 Å². The number of carbonyl (C=O) groups is 1. The van der Waals surface area contributed by atoms with E-state index in [2.05, 4.69) is 35.5 Å². The number of aryl methyl sites for hydroxylation is 4. The molecule has 0 atom stereocenters. The van der Waals surface area contributed by atoms with Crippen molar-refractivity contribution < 1.29 is 9.53 Å². The van der Waals surface area contributed by atoms with Crippen LogP contribution in [0.4, 0.5) is 5.82 Å². The summed E-state index contributed by atoms with van der Waals surface area (Å²) in [7, 11) is 0. The fourth-order valence-corrected chi connectivity index (χ4v) is 3.68. The normalized spacial score (nSPS) is 10.7. The Labute approximate surface area is 186 Å². The first-order chi connectivity index (χ1) is 15.4. The maximum absolute atomic E-state index is 12.6. The third kappa shape index (κ3) is 4.16. The van der Waals surface area contributed by atoms with Crippen LogP contribution in [0.2, 0.25) is 0 Å². The van der Waals surface area contributed by atoms with Gasteiger partial charge in [0.05, 0.1) is 11.7 Å². The van der Waals surface area contributed by atoms with Gasteiger partial charge in [-0.25, -0.2) is 4.98 Å². The molecule has 4 rings (SSSR count). The second-order valence-electron chi connectivity index (χ2n) is 7.86. The molecule has 2 aromatic heterocycles. The number of fused-ring (bicyclic) bond motifs is 1. The summed E-state index contributed by atoms with van der Waals surface area (Å²) in [5.74, 6) is 1.00. The standard InChI is InChI=1S/C25H23N5O2/c1-15-6-5-7-20(9-15)32-14-23(31)29-25-19(12-26)13-27-30(25)22-11-17(3)21-10-16(2)8-18(4)24(21)28-22/h5-11,13H,14H2,1-4H3,(H,29,31). The monoisotopic (exact) mass is 425 g/mol. The quantitative estimate of drug-likeness (QED) is 0.507. The highest BCUT2D eigenvalue weighted by Crippen LogP contribution is 2.26. The van der Waals surface area contributed by atoms with Gasteiger partial charge in [-0.15, -0.1) is 0 Å². The Morgan fingerprint density at radius 2 is 1.91 bits per heavy atom. The molecule has 0 aliphatic heterocycles. The van der Waals surface area contributed by atoms with Crippen molar-refractivity contribution in [3.05, 3.63) is 76.5 Å². The molecule has 7 heteroatoms. The van der Waals surface area contributed by atoms with Gasteiger partial charge >= 0.3 is 0 Å². The summed E-state index contributed by atoms with van der Waals surface area (Å²) in [6.07, 6.45) is 1.42. The zero-order valence-corrected chi connectivity index (χ0v) is 18.4. The summed E-state index contributed by atoms with van der Waals surface area (Å²) >= 11 is 0. The van der Waals surface area contributed by atoms with Crippen molar-refractivity contribution in [1.82, 2.24) is 14.8 Å². The molecule has 0 aliphatic rings. The Bertz CT molecular complexity index is 1380.